The molecule has 162 valence electrons. The van der Waals surface area contributed by atoms with E-state index in [0.29, 0.717) is 19.1 Å². The molecule has 0 saturated carbocycles. The average molecular weight is 406 g/mol. The lowest BCUT2D eigenvalue weighted by molar-refractivity contribution is -0.132. The number of amides is 1. The van der Waals surface area contributed by atoms with Crippen LogP contribution in [0.15, 0.2) is 24.3 Å². The molecule has 1 aromatic rings. The minimum atomic E-state index is -0.192. The number of halogens is 1. The topological polar surface area (TPSA) is 44.8 Å². The minimum Gasteiger partial charge on any atom is -0.379 e. The van der Waals surface area contributed by atoms with Crippen LogP contribution in [0.1, 0.15) is 45.1 Å². The summed E-state index contributed by atoms with van der Waals surface area (Å²) in [6, 6.07) is 6.94. The second-order valence-corrected chi connectivity index (χ2v) is 8.36. The van der Waals surface area contributed by atoms with Gasteiger partial charge in [-0.3, -0.25) is 14.6 Å². The van der Waals surface area contributed by atoms with E-state index in [-0.39, 0.29) is 23.8 Å². The molecule has 1 amide bonds. The van der Waals surface area contributed by atoms with E-state index >= 15 is 0 Å². The zero-order valence-electron chi connectivity index (χ0n) is 17.9. The number of nitrogens with one attached hydrogen (secondary N) is 1. The molecule has 0 aliphatic carbocycles. The summed E-state index contributed by atoms with van der Waals surface area (Å²) < 4.78 is 18.6. The molecule has 0 spiro atoms. The van der Waals surface area contributed by atoms with Crippen LogP contribution < -0.4 is 5.32 Å². The van der Waals surface area contributed by atoms with Gasteiger partial charge in [-0.15, -0.1) is 0 Å². The smallest absolute Gasteiger partial charge is 0.237 e. The fraction of sp³-hybridized carbons (Fsp3) is 0.696. The number of hydrogen-bond donors (Lipinski definition) is 1. The molecule has 2 aliphatic rings. The third kappa shape index (κ3) is 6.24. The Morgan fingerprint density at radius 1 is 1.10 bits per heavy atom. The Bertz CT molecular complexity index is 622. The molecule has 3 rings (SSSR count). The van der Waals surface area contributed by atoms with E-state index in [1.54, 1.807) is 0 Å². The predicted octanol–water partition coefficient (Wildman–Crippen LogP) is 3.04. The third-order valence-electron chi connectivity index (χ3n) is 6.46. The maximum absolute atomic E-state index is 13.2. The normalized spacial score (nSPS) is 20.7. The van der Waals surface area contributed by atoms with Gasteiger partial charge < -0.3 is 10.1 Å². The zero-order chi connectivity index (χ0) is 20.6. The molecule has 2 heterocycles. The first-order chi connectivity index (χ1) is 14.1. The largest absolute Gasteiger partial charge is 0.379 e. The Balaban J connectivity index is 1.51. The fourth-order valence-corrected chi connectivity index (χ4v) is 4.64. The molecule has 2 aliphatic heterocycles. The Morgan fingerprint density at radius 2 is 1.72 bits per heavy atom. The summed E-state index contributed by atoms with van der Waals surface area (Å²) in [4.78, 5) is 17.9. The number of nitrogens with zero attached hydrogens (tertiary/aromatic N) is 2. The van der Waals surface area contributed by atoms with Crippen LogP contribution in [0, 0.1) is 11.7 Å². The van der Waals surface area contributed by atoms with Crippen LogP contribution in [-0.2, 0) is 16.1 Å². The fourth-order valence-electron chi connectivity index (χ4n) is 4.64. The van der Waals surface area contributed by atoms with Gasteiger partial charge in [-0.25, -0.2) is 4.39 Å². The molecule has 29 heavy (non-hydrogen) atoms. The van der Waals surface area contributed by atoms with Gasteiger partial charge in [0.2, 0.25) is 5.91 Å². The van der Waals surface area contributed by atoms with Crippen molar-refractivity contribution in [2.24, 2.45) is 5.92 Å². The van der Waals surface area contributed by atoms with Crippen LogP contribution >= 0.6 is 0 Å². The number of benzene rings is 1. The van der Waals surface area contributed by atoms with E-state index < -0.39 is 0 Å². The third-order valence-corrected chi connectivity index (χ3v) is 6.46. The summed E-state index contributed by atoms with van der Waals surface area (Å²) in [6.45, 7) is 10.2. The number of carbonyl (C=O) groups is 1. The Morgan fingerprint density at radius 3 is 2.31 bits per heavy atom. The minimum absolute atomic E-state index is 0.0499. The van der Waals surface area contributed by atoms with Crippen molar-refractivity contribution >= 4 is 5.91 Å². The zero-order valence-corrected chi connectivity index (χ0v) is 17.9. The van der Waals surface area contributed by atoms with Crippen molar-refractivity contribution < 1.29 is 13.9 Å². The second-order valence-electron chi connectivity index (χ2n) is 8.36. The van der Waals surface area contributed by atoms with Crippen LogP contribution in [-0.4, -0.2) is 67.2 Å². The van der Waals surface area contributed by atoms with Gasteiger partial charge in [-0.2, -0.15) is 0 Å². The second kappa shape index (κ2) is 11.0. The lowest BCUT2D eigenvalue weighted by Gasteiger charge is -2.39. The summed E-state index contributed by atoms with van der Waals surface area (Å²) >= 11 is 0. The van der Waals surface area contributed by atoms with Crippen molar-refractivity contribution in [3.63, 3.8) is 0 Å². The number of ether oxygens (including phenoxy) is 1. The highest BCUT2D eigenvalue weighted by molar-refractivity contribution is 5.82. The highest BCUT2D eigenvalue weighted by Gasteiger charge is 2.34. The maximum Gasteiger partial charge on any atom is 0.237 e. The average Bonchev–Trinajstić information content (AvgIpc) is 2.75. The van der Waals surface area contributed by atoms with Gasteiger partial charge in [-0.05, 0) is 36.5 Å². The predicted molar refractivity (Wildman–Crippen MR) is 113 cm³/mol. The summed E-state index contributed by atoms with van der Waals surface area (Å²) in [5, 5.41) is 3.36. The van der Waals surface area contributed by atoms with E-state index in [4.69, 9.17) is 4.74 Å². The van der Waals surface area contributed by atoms with Gasteiger partial charge >= 0.3 is 0 Å². The first-order valence-corrected chi connectivity index (χ1v) is 11.2. The monoisotopic (exact) mass is 405 g/mol. The Hall–Kier alpha value is -1.50. The molecule has 0 bridgehead atoms. The molecule has 5 nitrogen and oxygen atoms in total. The van der Waals surface area contributed by atoms with Gasteiger partial charge in [-0.1, -0.05) is 38.8 Å². The van der Waals surface area contributed by atoms with Crippen LogP contribution in [0.3, 0.4) is 0 Å². The van der Waals surface area contributed by atoms with Crippen molar-refractivity contribution in [2.45, 2.75) is 58.2 Å². The van der Waals surface area contributed by atoms with E-state index in [2.05, 4.69) is 29.0 Å². The quantitative estimate of drug-likeness (QED) is 0.722. The van der Waals surface area contributed by atoms with Crippen molar-refractivity contribution in [1.82, 2.24) is 15.1 Å². The molecule has 1 atom stereocenters. The van der Waals surface area contributed by atoms with Gasteiger partial charge in [0, 0.05) is 38.8 Å². The summed E-state index contributed by atoms with van der Waals surface area (Å²) in [5.41, 5.74) is 1.13. The molecule has 0 aromatic heterocycles. The van der Waals surface area contributed by atoms with Crippen molar-refractivity contribution in [1.29, 1.82) is 0 Å². The molecule has 1 N–H and O–H groups in total. The van der Waals surface area contributed by atoms with Gasteiger partial charge in [0.05, 0.1) is 19.3 Å². The molecule has 6 heteroatoms. The highest BCUT2D eigenvalue weighted by Crippen LogP contribution is 2.22. The molecule has 2 saturated heterocycles. The number of piperidine rings is 1. The highest BCUT2D eigenvalue weighted by atomic mass is 19.1. The summed E-state index contributed by atoms with van der Waals surface area (Å²) in [6.07, 6.45) is 3.96. The standard InChI is InChI=1S/C23H36FN3O2/c1-3-19(4-2)22(27-13-15-29-16-14-27)23(28)25-21-9-11-26(12-10-21)17-18-5-7-20(24)8-6-18/h5-8,19,21-22H,3-4,9-17H2,1-2H3,(H,25,28)/t22-/m0/s1. The molecule has 0 radical (unpaired) electrons. The summed E-state index contributed by atoms with van der Waals surface area (Å²) in [7, 11) is 0. The Labute approximate surface area is 174 Å². The molecular weight excluding hydrogens is 369 g/mol. The van der Waals surface area contributed by atoms with E-state index in [1.807, 2.05) is 12.1 Å². The lowest BCUT2D eigenvalue weighted by Crippen LogP contribution is -2.57. The van der Waals surface area contributed by atoms with Crippen molar-refractivity contribution in [2.75, 3.05) is 39.4 Å². The SMILES string of the molecule is CCC(CC)[C@@H](C(=O)NC1CCN(Cc2ccc(F)cc2)CC1)N1CCOCC1. The van der Waals surface area contributed by atoms with E-state index in [9.17, 15) is 9.18 Å². The van der Waals surface area contributed by atoms with Gasteiger partial charge in [0.1, 0.15) is 5.82 Å². The first-order valence-electron chi connectivity index (χ1n) is 11.2. The van der Waals surface area contributed by atoms with E-state index in [1.165, 1.54) is 12.1 Å². The lowest BCUT2D eigenvalue weighted by atomic mass is 9.91. The first kappa shape index (κ1) is 22.2. The van der Waals surface area contributed by atoms with Crippen LogP contribution in [0.4, 0.5) is 4.39 Å². The molecule has 0 unspecified atom stereocenters. The van der Waals surface area contributed by atoms with Crippen LogP contribution in [0.25, 0.3) is 0 Å². The Kier molecular flexibility index (Phi) is 8.45. The number of carbonyl (C=O) groups excluding carboxylic acids is 1. The number of hydrogen-bond acceptors (Lipinski definition) is 4. The molecule has 2 fully saturated rings. The molecule has 1 aromatic carbocycles. The van der Waals surface area contributed by atoms with Gasteiger partial charge in [0.15, 0.2) is 0 Å². The van der Waals surface area contributed by atoms with Crippen LogP contribution in [0.5, 0.6) is 0 Å². The van der Waals surface area contributed by atoms with Crippen molar-refractivity contribution in [3.05, 3.63) is 35.6 Å². The molecular formula is C23H36FN3O2. The number of likely N-dealkylation sites (tertiary alicyclic amines) is 1. The van der Waals surface area contributed by atoms with E-state index in [0.717, 1.165) is 64.0 Å². The maximum atomic E-state index is 13.2. The number of rotatable bonds is 8. The van der Waals surface area contributed by atoms with Gasteiger partial charge in [0.25, 0.3) is 0 Å². The van der Waals surface area contributed by atoms with Crippen molar-refractivity contribution in [3.8, 4) is 0 Å². The summed E-state index contributed by atoms with van der Waals surface area (Å²) in [5.74, 6) is 0.381. The number of morpholine rings is 1. The van der Waals surface area contributed by atoms with Crippen LogP contribution in [0.2, 0.25) is 0 Å².